The van der Waals surface area contributed by atoms with E-state index in [0.29, 0.717) is 18.4 Å². The Morgan fingerprint density at radius 3 is 2.17 bits per heavy atom. The molecule has 1 aliphatic rings. The Morgan fingerprint density at radius 1 is 0.767 bits per heavy atom. The fourth-order valence-electron chi connectivity index (χ4n) is 5.00. The second-order valence-electron chi connectivity index (χ2n) is 8.12. The Morgan fingerprint density at radius 2 is 1.40 bits per heavy atom. The summed E-state index contributed by atoms with van der Waals surface area (Å²) in [6.07, 6.45) is 2.79. The Kier molecular flexibility index (Phi) is 4.80. The van der Waals surface area contributed by atoms with E-state index in [2.05, 4.69) is 11.1 Å². The monoisotopic (exact) mass is 393 g/mol. The number of hydrogen-bond donors (Lipinski definition) is 1. The molecule has 0 bridgehead atoms. The van der Waals surface area contributed by atoms with Gasteiger partial charge in [0, 0.05) is 53.3 Å². The van der Waals surface area contributed by atoms with Crippen molar-refractivity contribution in [3.8, 4) is 0 Å². The van der Waals surface area contributed by atoms with E-state index in [1.54, 1.807) is 0 Å². The van der Waals surface area contributed by atoms with Crippen molar-refractivity contribution in [3.05, 3.63) is 108 Å². The van der Waals surface area contributed by atoms with Gasteiger partial charge in [-0.3, -0.25) is 9.59 Å². The van der Waals surface area contributed by atoms with Crippen molar-refractivity contribution < 1.29 is 9.59 Å². The van der Waals surface area contributed by atoms with Crippen molar-refractivity contribution in [2.45, 2.75) is 24.7 Å². The van der Waals surface area contributed by atoms with Gasteiger partial charge >= 0.3 is 0 Å². The number of fused-ring (bicyclic) bond motifs is 1. The fraction of sp³-hybridized carbons (Fsp3) is 0.185. The summed E-state index contributed by atoms with van der Waals surface area (Å²) in [6, 6.07) is 27.6. The van der Waals surface area contributed by atoms with Crippen LogP contribution in [0.1, 0.15) is 46.2 Å². The molecule has 5 rings (SSSR count). The first-order valence-electron chi connectivity index (χ1n) is 10.4. The molecule has 0 saturated heterocycles. The zero-order valence-electron chi connectivity index (χ0n) is 16.6. The van der Waals surface area contributed by atoms with E-state index in [-0.39, 0.29) is 29.3 Å². The van der Waals surface area contributed by atoms with Gasteiger partial charge in [-0.1, -0.05) is 78.9 Å². The van der Waals surface area contributed by atoms with Crippen molar-refractivity contribution in [2.75, 3.05) is 0 Å². The summed E-state index contributed by atoms with van der Waals surface area (Å²) in [4.78, 5) is 30.0. The number of ketones is 2. The molecule has 1 aliphatic carbocycles. The molecule has 30 heavy (non-hydrogen) atoms. The number of H-pyrrole nitrogens is 1. The van der Waals surface area contributed by atoms with Crippen molar-refractivity contribution in [3.63, 3.8) is 0 Å². The molecule has 1 N–H and O–H groups in total. The lowest BCUT2D eigenvalue weighted by Crippen LogP contribution is -2.35. The third-order valence-electron chi connectivity index (χ3n) is 6.37. The number of Topliss-reactive ketones (excluding diaryl/α,β-unsaturated/α-hetero) is 2. The van der Waals surface area contributed by atoms with Crippen molar-refractivity contribution in [1.29, 1.82) is 0 Å². The van der Waals surface area contributed by atoms with Crippen LogP contribution in [0.3, 0.4) is 0 Å². The standard InChI is InChI=1S/C27H23NO2/c29-20-15-22(18-9-3-1-4-10-18)26(27(30)19-11-5-2-6-12-19)23(16-20)24-17-28-25-14-8-7-13-21(24)25/h1-14,17,22-23,26,28H,15-16H2/t22-,23-,26-/m0/s1. The fourth-order valence-corrected chi connectivity index (χ4v) is 5.00. The van der Waals surface area contributed by atoms with E-state index >= 15 is 0 Å². The molecule has 3 heteroatoms. The maximum atomic E-state index is 13.8. The van der Waals surface area contributed by atoms with E-state index < -0.39 is 0 Å². The van der Waals surface area contributed by atoms with E-state index in [9.17, 15) is 9.59 Å². The summed E-state index contributed by atoms with van der Waals surface area (Å²) in [5.74, 6) is -0.227. The normalized spacial score (nSPS) is 21.6. The molecular formula is C27H23NO2. The molecule has 1 saturated carbocycles. The third kappa shape index (κ3) is 3.26. The summed E-state index contributed by atoms with van der Waals surface area (Å²) < 4.78 is 0. The molecule has 1 aromatic heterocycles. The second kappa shape index (κ2) is 7.75. The van der Waals surface area contributed by atoms with Gasteiger partial charge in [0.15, 0.2) is 5.78 Å². The van der Waals surface area contributed by atoms with Gasteiger partial charge in [0.05, 0.1) is 0 Å². The van der Waals surface area contributed by atoms with Crippen molar-refractivity contribution in [2.24, 2.45) is 5.92 Å². The van der Waals surface area contributed by atoms with E-state index in [1.165, 1.54) is 0 Å². The quantitative estimate of drug-likeness (QED) is 0.439. The van der Waals surface area contributed by atoms with Gasteiger partial charge in [-0.2, -0.15) is 0 Å². The van der Waals surface area contributed by atoms with Crippen LogP contribution in [-0.4, -0.2) is 16.6 Å². The molecule has 3 nitrogen and oxygen atoms in total. The number of carbonyl (C=O) groups excluding carboxylic acids is 2. The van der Waals surface area contributed by atoms with Gasteiger partial charge < -0.3 is 4.98 Å². The molecule has 4 aromatic rings. The number of aromatic nitrogens is 1. The average molecular weight is 393 g/mol. The number of rotatable bonds is 4. The molecule has 0 radical (unpaired) electrons. The van der Waals surface area contributed by atoms with E-state index in [1.807, 2.05) is 85.1 Å². The molecular weight excluding hydrogens is 370 g/mol. The average Bonchev–Trinajstić information content (AvgIpc) is 3.23. The van der Waals surface area contributed by atoms with Crippen molar-refractivity contribution in [1.82, 2.24) is 4.98 Å². The van der Waals surface area contributed by atoms with Crippen LogP contribution in [0.2, 0.25) is 0 Å². The summed E-state index contributed by atoms with van der Waals surface area (Å²) in [5, 5.41) is 1.09. The number of carbonyl (C=O) groups is 2. The highest BCUT2D eigenvalue weighted by Gasteiger charge is 2.43. The van der Waals surface area contributed by atoms with Gasteiger partial charge in [-0.15, -0.1) is 0 Å². The smallest absolute Gasteiger partial charge is 0.167 e. The number of nitrogens with one attached hydrogen (secondary N) is 1. The second-order valence-corrected chi connectivity index (χ2v) is 8.12. The summed E-state index contributed by atoms with van der Waals surface area (Å²) in [5.41, 5.74) is 3.87. The van der Waals surface area contributed by atoms with Gasteiger partial charge in [0.2, 0.25) is 0 Å². The van der Waals surface area contributed by atoms with Crippen LogP contribution >= 0.6 is 0 Å². The molecule has 3 atom stereocenters. The van der Waals surface area contributed by atoms with E-state index in [4.69, 9.17) is 0 Å². The first-order valence-corrected chi connectivity index (χ1v) is 10.4. The SMILES string of the molecule is O=C1C[C@@H](c2ccccc2)[C@H](C(=O)c2ccccc2)[C@H](c2c[nH]c3ccccc23)C1. The van der Waals surface area contributed by atoms with Crippen LogP contribution in [0.25, 0.3) is 10.9 Å². The Balaban J connectivity index is 1.66. The number of benzene rings is 3. The number of aromatic amines is 1. The number of para-hydroxylation sites is 1. The molecule has 1 fully saturated rings. The minimum absolute atomic E-state index is 0.118. The predicted molar refractivity (Wildman–Crippen MR) is 119 cm³/mol. The predicted octanol–water partition coefficient (Wildman–Crippen LogP) is 5.90. The Bertz CT molecular complexity index is 1190. The lowest BCUT2D eigenvalue weighted by atomic mass is 9.64. The molecule has 0 amide bonds. The molecule has 0 spiro atoms. The minimum Gasteiger partial charge on any atom is -0.361 e. The highest BCUT2D eigenvalue weighted by molar-refractivity contribution is 6.01. The van der Waals surface area contributed by atoms with Crippen molar-refractivity contribution >= 4 is 22.5 Å². The Labute approximate surface area is 175 Å². The molecule has 3 aromatic carbocycles. The lowest BCUT2D eigenvalue weighted by Gasteiger charge is -2.37. The van der Waals surface area contributed by atoms with Crippen LogP contribution in [0.4, 0.5) is 0 Å². The zero-order chi connectivity index (χ0) is 20.5. The highest BCUT2D eigenvalue weighted by atomic mass is 16.1. The van der Waals surface area contributed by atoms with Crippen LogP contribution in [-0.2, 0) is 4.79 Å². The number of hydrogen-bond acceptors (Lipinski definition) is 2. The first-order chi connectivity index (χ1) is 14.7. The highest BCUT2D eigenvalue weighted by Crippen LogP contribution is 2.47. The zero-order valence-corrected chi connectivity index (χ0v) is 16.6. The first kappa shape index (κ1) is 18.6. The topological polar surface area (TPSA) is 49.9 Å². The minimum atomic E-state index is -0.285. The molecule has 0 unspecified atom stereocenters. The van der Waals surface area contributed by atoms with Gasteiger partial charge in [-0.25, -0.2) is 0 Å². The summed E-state index contributed by atoms with van der Waals surface area (Å²) in [6.45, 7) is 0. The maximum Gasteiger partial charge on any atom is 0.167 e. The van der Waals surface area contributed by atoms with Crippen LogP contribution in [0, 0.1) is 5.92 Å². The molecule has 0 aliphatic heterocycles. The largest absolute Gasteiger partial charge is 0.361 e. The lowest BCUT2D eigenvalue weighted by molar-refractivity contribution is -0.121. The molecule has 148 valence electrons. The van der Waals surface area contributed by atoms with Crippen LogP contribution in [0.5, 0.6) is 0 Å². The van der Waals surface area contributed by atoms with Gasteiger partial charge in [-0.05, 0) is 17.2 Å². The van der Waals surface area contributed by atoms with Gasteiger partial charge in [0.1, 0.15) is 5.78 Å². The summed E-state index contributed by atoms with van der Waals surface area (Å²) in [7, 11) is 0. The Hall–Kier alpha value is -3.46. The molecule has 1 heterocycles. The van der Waals surface area contributed by atoms with E-state index in [0.717, 1.165) is 22.0 Å². The maximum absolute atomic E-state index is 13.8. The third-order valence-corrected chi connectivity index (χ3v) is 6.37. The van der Waals surface area contributed by atoms with Crippen LogP contribution < -0.4 is 0 Å². The van der Waals surface area contributed by atoms with Gasteiger partial charge in [0.25, 0.3) is 0 Å². The summed E-state index contributed by atoms with van der Waals surface area (Å²) >= 11 is 0. The van der Waals surface area contributed by atoms with Crippen LogP contribution in [0.15, 0.2) is 91.1 Å².